The number of nitrogens with one attached hydrogen (secondary N) is 1. The Balaban J connectivity index is 1.43. The largest absolute Gasteiger partial charge is 0.480 e. The van der Waals surface area contributed by atoms with E-state index in [1.54, 1.807) is 13.1 Å². The molecule has 0 aromatic carbocycles. The molecule has 3 atom stereocenters. The minimum atomic E-state index is -4.74. The Hall–Kier alpha value is -4.40. The molecular formula is C26H27F4N9O2. The zero-order valence-corrected chi connectivity index (χ0v) is 22.6. The van der Waals surface area contributed by atoms with Crippen LogP contribution >= 0.6 is 0 Å². The first-order chi connectivity index (χ1) is 19.4. The van der Waals surface area contributed by atoms with Gasteiger partial charge in [0.25, 0.3) is 5.91 Å². The van der Waals surface area contributed by atoms with Crippen LogP contribution in [0, 0.1) is 13.8 Å². The molecule has 1 fully saturated rings. The van der Waals surface area contributed by atoms with E-state index < -0.39 is 35.4 Å². The maximum Gasteiger partial charge on any atom is 0.418 e. The van der Waals surface area contributed by atoms with E-state index in [0.29, 0.717) is 5.82 Å². The molecule has 4 aromatic heterocycles. The molecule has 216 valence electrons. The fraction of sp³-hybridized carbons (Fsp3) is 0.385. The number of fused-ring (bicyclic) bond motifs is 1. The van der Waals surface area contributed by atoms with Crippen LogP contribution in [0.4, 0.5) is 23.4 Å². The summed E-state index contributed by atoms with van der Waals surface area (Å²) in [6.45, 7) is 5.86. The summed E-state index contributed by atoms with van der Waals surface area (Å²) in [7, 11) is 1.30. The highest BCUT2D eigenvalue weighted by Gasteiger charge is 2.38. The van der Waals surface area contributed by atoms with Gasteiger partial charge in [-0.05, 0) is 32.9 Å². The van der Waals surface area contributed by atoms with Gasteiger partial charge in [0.05, 0.1) is 24.4 Å². The highest BCUT2D eigenvalue weighted by Crippen LogP contribution is 2.39. The summed E-state index contributed by atoms with van der Waals surface area (Å²) in [4.78, 5) is 31.7. The van der Waals surface area contributed by atoms with Crippen molar-refractivity contribution in [3.63, 3.8) is 0 Å². The quantitative estimate of drug-likeness (QED) is 0.333. The number of halogens is 4. The molecule has 1 unspecified atom stereocenters. The van der Waals surface area contributed by atoms with Crippen molar-refractivity contribution in [3.05, 3.63) is 59.1 Å². The van der Waals surface area contributed by atoms with Crippen LogP contribution in [0.2, 0.25) is 0 Å². The average Bonchev–Trinajstić information content (AvgIpc) is 3.49. The predicted molar refractivity (Wildman–Crippen MR) is 140 cm³/mol. The van der Waals surface area contributed by atoms with Gasteiger partial charge in [-0.2, -0.15) is 18.3 Å². The molecule has 4 aromatic rings. The van der Waals surface area contributed by atoms with Crippen molar-refractivity contribution < 1.29 is 27.1 Å². The van der Waals surface area contributed by atoms with Crippen molar-refractivity contribution in [1.29, 1.82) is 0 Å². The van der Waals surface area contributed by atoms with Gasteiger partial charge in [0.1, 0.15) is 29.4 Å². The van der Waals surface area contributed by atoms with Gasteiger partial charge in [0.2, 0.25) is 5.88 Å². The maximum absolute atomic E-state index is 15.1. The average molecular weight is 574 g/mol. The number of methoxy groups -OCH3 is 1. The van der Waals surface area contributed by atoms with Gasteiger partial charge in [0.15, 0.2) is 5.82 Å². The first kappa shape index (κ1) is 28.1. The third kappa shape index (κ3) is 5.24. The number of likely N-dealkylation sites (tertiary alicyclic amines) is 1. The number of amides is 1. The van der Waals surface area contributed by atoms with Crippen LogP contribution in [0.5, 0.6) is 5.88 Å². The number of hydrogen-bond donors (Lipinski definition) is 2. The number of alkyl halides is 4. The first-order valence-corrected chi connectivity index (χ1v) is 12.6. The standard InChI is InChI=1S/C26H27F4N9O2/c1-12-17(8-32-14(3)36-12)13(2)38-9-19(27)20(10-38)37-24(40)16-5-15(7-33-25(16)41-4)21-6-18(26(28,29)30)22-23(31)34-11-35-39(21)22/h5-8,11,13,19-20H,9-10H2,1-4H3,(H,37,40)(H2,31,34,35)/t13?,19-,20+/m0/s1. The number of aromatic nitrogens is 6. The van der Waals surface area contributed by atoms with Crippen molar-refractivity contribution in [2.24, 2.45) is 0 Å². The second kappa shape index (κ2) is 10.5. The van der Waals surface area contributed by atoms with Crippen LogP contribution in [0.3, 0.4) is 0 Å². The number of nitrogens with two attached hydrogens (primary N) is 1. The Bertz CT molecular complexity index is 1620. The molecule has 0 radical (unpaired) electrons. The van der Waals surface area contributed by atoms with E-state index in [1.165, 1.54) is 19.4 Å². The van der Waals surface area contributed by atoms with Gasteiger partial charge in [-0.25, -0.2) is 28.8 Å². The van der Waals surface area contributed by atoms with Crippen molar-refractivity contribution in [1.82, 2.24) is 39.8 Å². The topological polar surface area (TPSA) is 136 Å². The Kier molecular flexibility index (Phi) is 7.23. The van der Waals surface area contributed by atoms with Crippen molar-refractivity contribution in [2.75, 3.05) is 25.9 Å². The first-order valence-electron chi connectivity index (χ1n) is 12.6. The van der Waals surface area contributed by atoms with Crippen molar-refractivity contribution in [2.45, 2.75) is 45.2 Å². The Morgan fingerprint density at radius 2 is 1.93 bits per heavy atom. The molecule has 1 amide bonds. The molecule has 0 bridgehead atoms. The number of nitrogens with zero attached hydrogens (tertiary/aromatic N) is 7. The van der Waals surface area contributed by atoms with E-state index in [4.69, 9.17) is 10.5 Å². The van der Waals surface area contributed by atoms with Crippen molar-refractivity contribution in [3.8, 4) is 17.1 Å². The minimum Gasteiger partial charge on any atom is -0.480 e. The monoisotopic (exact) mass is 573 g/mol. The molecule has 1 aliphatic rings. The molecule has 11 nitrogen and oxygen atoms in total. The molecule has 1 aliphatic heterocycles. The van der Waals surface area contributed by atoms with E-state index >= 15 is 4.39 Å². The lowest BCUT2D eigenvalue weighted by molar-refractivity contribution is -0.136. The summed E-state index contributed by atoms with van der Waals surface area (Å²) in [5.41, 5.74) is 5.95. The maximum atomic E-state index is 15.1. The Morgan fingerprint density at radius 3 is 2.61 bits per heavy atom. The summed E-state index contributed by atoms with van der Waals surface area (Å²) in [6, 6.07) is 1.12. The number of aryl methyl sites for hydroxylation is 2. The number of rotatable bonds is 6. The van der Waals surface area contributed by atoms with Crippen LogP contribution in [0.15, 0.2) is 30.9 Å². The molecule has 1 saturated heterocycles. The molecular weight excluding hydrogens is 546 g/mol. The molecule has 5 rings (SSSR count). The fourth-order valence-corrected chi connectivity index (χ4v) is 5.10. The number of pyridine rings is 1. The highest BCUT2D eigenvalue weighted by atomic mass is 19.4. The lowest BCUT2D eigenvalue weighted by Gasteiger charge is -2.25. The summed E-state index contributed by atoms with van der Waals surface area (Å²) in [5, 5.41) is 6.62. The summed E-state index contributed by atoms with van der Waals surface area (Å²) >= 11 is 0. The van der Waals surface area contributed by atoms with Crippen LogP contribution < -0.4 is 15.8 Å². The summed E-state index contributed by atoms with van der Waals surface area (Å²) in [5.74, 6) is -0.501. The number of nitrogen functional groups attached to an aromatic ring is 1. The van der Waals surface area contributed by atoms with Crippen LogP contribution in [-0.2, 0) is 6.18 Å². The number of hydrogen-bond acceptors (Lipinski definition) is 9. The second-order valence-electron chi connectivity index (χ2n) is 9.81. The number of anilines is 1. The highest BCUT2D eigenvalue weighted by molar-refractivity contribution is 5.98. The van der Waals surface area contributed by atoms with Crippen LogP contribution in [0.25, 0.3) is 16.8 Å². The second-order valence-corrected chi connectivity index (χ2v) is 9.81. The number of carbonyl (C=O) groups is 1. The van der Waals surface area contributed by atoms with Gasteiger partial charge in [-0.15, -0.1) is 0 Å². The lowest BCUT2D eigenvalue weighted by atomic mass is 10.1. The van der Waals surface area contributed by atoms with Crippen LogP contribution in [0.1, 0.15) is 46.0 Å². The van der Waals surface area contributed by atoms with E-state index in [1.807, 2.05) is 18.7 Å². The van der Waals surface area contributed by atoms with Gasteiger partial charge in [0, 0.05) is 48.3 Å². The van der Waals surface area contributed by atoms with Crippen LogP contribution in [-0.4, -0.2) is 72.8 Å². The zero-order valence-electron chi connectivity index (χ0n) is 22.6. The third-order valence-corrected chi connectivity index (χ3v) is 7.20. The van der Waals surface area contributed by atoms with Crippen molar-refractivity contribution >= 4 is 17.2 Å². The van der Waals surface area contributed by atoms with Gasteiger partial charge < -0.3 is 15.8 Å². The molecule has 3 N–H and O–H groups in total. The van der Waals surface area contributed by atoms with Gasteiger partial charge >= 0.3 is 6.18 Å². The Morgan fingerprint density at radius 1 is 1.17 bits per heavy atom. The molecule has 0 aliphatic carbocycles. The Labute approximate surface area is 231 Å². The lowest BCUT2D eigenvalue weighted by Crippen LogP contribution is -2.41. The number of carbonyl (C=O) groups excluding carboxylic acids is 1. The fourth-order valence-electron chi connectivity index (χ4n) is 5.10. The predicted octanol–water partition coefficient (Wildman–Crippen LogP) is 3.32. The summed E-state index contributed by atoms with van der Waals surface area (Å²) in [6.07, 6.45) is -2.13. The van der Waals surface area contributed by atoms with E-state index in [-0.39, 0.29) is 47.7 Å². The zero-order chi connectivity index (χ0) is 29.6. The molecule has 5 heterocycles. The van der Waals surface area contributed by atoms with E-state index in [9.17, 15) is 18.0 Å². The van der Waals surface area contributed by atoms with Gasteiger partial charge in [-0.3, -0.25) is 9.69 Å². The number of ether oxygens (including phenoxy) is 1. The third-order valence-electron chi connectivity index (χ3n) is 7.20. The molecule has 15 heteroatoms. The SMILES string of the molecule is COc1ncc(-c2cc(C(F)(F)F)c3c(N)ncnn23)cc1C(=O)N[C@@H]1CN(C(C)c2cnc(C)nc2C)C[C@@H]1F. The normalized spacial score (nSPS) is 18.5. The molecule has 41 heavy (non-hydrogen) atoms. The molecule has 0 saturated carbocycles. The summed E-state index contributed by atoms with van der Waals surface area (Å²) < 4.78 is 62.7. The molecule has 0 spiro atoms. The minimum absolute atomic E-state index is 0.0226. The van der Waals surface area contributed by atoms with Gasteiger partial charge in [-0.1, -0.05) is 0 Å². The van der Waals surface area contributed by atoms with E-state index in [2.05, 4.69) is 30.4 Å². The smallest absolute Gasteiger partial charge is 0.418 e. The van der Waals surface area contributed by atoms with E-state index in [0.717, 1.165) is 28.2 Å².